The zero-order chi connectivity index (χ0) is 19.6. The maximum atomic E-state index is 6.13. The molecule has 0 atom stereocenters. The quantitative estimate of drug-likeness (QED) is 0.679. The molecule has 0 unspecified atom stereocenters. The summed E-state index contributed by atoms with van der Waals surface area (Å²) in [6, 6.07) is 11.8. The largest absolute Gasteiger partial charge is 0.474 e. The third-order valence-electron chi connectivity index (χ3n) is 5.70. The topological polar surface area (TPSA) is 64.0 Å². The van der Waals surface area contributed by atoms with E-state index in [1.54, 1.807) is 6.20 Å². The number of aryl methyl sites for hydroxylation is 2. The minimum atomic E-state index is 0.200. The second kappa shape index (κ2) is 7.78. The van der Waals surface area contributed by atoms with E-state index in [1.165, 1.54) is 11.3 Å². The van der Waals surface area contributed by atoms with Crippen LogP contribution in [0.1, 0.15) is 36.2 Å². The molecule has 1 saturated heterocycles. The Morgan fingerprint density at radius 1 is 0.966 bits per heavy atom. The van der Waals surface area contributed by atoms with Crippen molar-refractivity contribution in [1.82, 2.24) is 19.9 Å². The highest BCUT2D eigenvalue weighted by Crippen LogP contribution is 2.32. The lowest BCUT2D eigenvalue weighted by Crippen LogP contribution is -2.39. The maximum absolute atomic E-state index is 6.13. The van der Waals surface area contributed by atoms with Gasteiger partial charge in [-0.3, -0.25) is 4.98 Å². The van der Waals surface area contributed by atoms with E-state index in [0.717, 1.165) is 74.1 Å². The molecule has 148 valence electrons. The highest BCUT2D eigenvalue weighted by molar-refractivity contribution is 5.59. The molecule has 0 radical (unpaired) electrons. The van der Waals surface area contributed by atoms with Crippen LogP contribution >= 0.6 is 0 Å². The molecule has 29 heavy (non-hydrogen) atoms. The summed E-state index contributed by atoms with van der Waals surface area (Å²) in [5, 5.41) is 0. The fourth-order valence-electron chi connectivity index (χ4n) is 4.22. The van der Waals surface area contributed by atoms with Crippen molar-refractivity contribution in [1.29, 1.82) is 0 Å². The van der Waals surface area contributed by atoms with Crippen LogP contribution in [-0.4, -0.2) is 39.1 Å². The number of rotatable bonds is 4. The normalized spacial score (nSPS) is 16.7. The minimum Gasteiger partial charge on any atom is -0.474 e. The molecule has 0 N–H and O–H groups in total. The summed E-state index contributed by atoms with van der Waals surface area (Å²) in [5.41, 5.74) is 4.34. The highest BCUT2D eigenvalue weighted by Gasteiger charge is 2.27. The van der Waals surface area contributed by atoms with Crippen LogP contribution in [0, 0.1) is 6.92 Å². The van der Waals surface area contributed by atoms with Crippen molar-refractivity contribution in [3.8, 4) is 17.4 Å². The van der Waals surface area contributed by atoms with Crippen molar-refractivity contribution in [2.45, 2.75) is 45.1 Å². The molecule has 2 aliphatic rings. The molecule has 5 rings (SSSR count). The van der Waals surface area contributed by atoms with Gasteiger partial charge in [-0.1, -0.05) is 12.1 Å². The number of pyridine rings is 2. The van der Waals surface area contributed by atoms with Crippen LogP contribution in [0.3, 0.4) is 0 Å². The Hall–Kier alpha value is -3.02. The predicted octanol–water partition coefficient (Wildman–Crippen LogP) is 3.78. The van der Waals surface area contributed by atoms with E-state index in [-0.39, 0.29) is 6.10 Å². The molecule has 0 amide bonds. The number of piperidine rings is 1. The standard InChI is InChI=1S/C23H25N5O/c1-16-6-4-10-21(25-16)29-17-11-14-28(15-12-17)23-18-7-5-9-19(18)26-22(27-23)20-8-2-3-13-24-20/h2-4,6,8,10,13,17H,5,7,9,11-12,14-15H2,1H3. The molecule has 3 aromatic rings. The molecule has 6 heteroatoms. The van der Waals surface area contributed by atoms with Gasteiger partial charge in [0.2, 0.25) is 5.88 Å². The zero-order valence-corrected chi connectivity index (χ0v) is 16.7. The zero-order valence-electron chi connectivity index (χ0n) is 16.7. The molecule has 1 fully saturated rings. The summed E-state index contributed by atoms with van der Waals surface area (Å²) in [6.45, 7) is 3.85. The van der Waals surface area contributed by atoms with Crippen molar-refractivity contribution in [3.05, 3.63) is 59.5 Å². The van der Waals surface area contributed by atoms with Gasteiger partial charge in [0.25, 0.3) is 0 Å². The first-order valence-electron chi connectivity index (χ1n) is 10.4. The van der Waals surface area contributed by atoms with E-state index in [2.05, 4.69) is 14.9 Å². The lowest BCUT2D eigenvalue weighted by molar-refractivity contribution is 0.163. The van der Waals surface area contributed by atoms with Gasteiger partial charge < -0.3 is 9.64 Å². The molecular formula is C23H25N5O. The number of nitrogens with zero attached hydrogens (tertiary/aromatic N) is 5. The van der Waals surface area contributed by atoms with E-state index in [9.17, 15) is 0 Å². The van der Waals surface area contributed by atoms with Gasteiger partial charge in [0.1, 0.15) is 17.6 Å². The second-order valence-corrected chi connectivity index (χ2v) is 7.79. The number of aromatic nitrogens is 4. The summed E-state index contributed by atoms with van der Waals surface area (Å²) in [7, 11) is 0. The van der Waals surface area contributed by atoms with Gasteiger partial charge in [-0.2, -0.15) is 0 Å². The Morgan fingerprint density at radius 3 is 2.66 bits per heavy atom. The molecule has 0 spiro atoms. The van der Waals surface area contributed by atoms with Gasteiger partial charge in [-0.15, -0.1) is 0 Å². The van der Waals surface area contributed by atoms with Crippen LogP contribution in [0.25, 0.3) is 11.5 Å². The Balaban J connectivity index is 1.35. The molecular weight excluding hydrogens is 362 g/mol. The summed E-state index contributed by atoms with van der Waals surface area (Å²) >= 11 is 0. The van der Waals surface area contributed by atoms with Crippen molar-refractivity contribution in [2.24, 2.45) is 0 Å². The molecule has 3 aromatic heterocycles. The third-order valence-corrected chi connectivity index (χ3v) is 5.70. The first-order chi connectivity index (χ1) is 14.3. The Morgan fingerprint density at radius 2 is 1.86 bits per heavy atom. The third kappa shape index (κ3) is 3.79. The fraction of sp³-hybridized carbons (Fsp3) is 0.391. The average Bonchev–Trinajstić information content (AvgIpc) is 3.23. The van der Waals surface area contributed by atoms with Crippen LogP contribution in [0.2, 0.25) is 0 Å². The Labute approximate surface area is 171 Å². The van der Waals surface area contributed by atoms with Crippen LogP contribution in [0.15, 0.2) is 42.6 Å². The number of hydrogen-bond donors (Lipinski definition) is 0. The van der Waals surface area contributed by atoms with Crippen LogP contribution < -0.4 is 9.64 Å². The van der Waals surface area contributed by atoms with Gasteiger partial charge in [0.05, 0.1) is 0 Å². The van der Waals surface area contributed by atoms with E-state index >= 15 is 0 Å². The first kappa shape index (κ1) is 18.0. The lowest BCUT2D eigenvalue weighted by atomic mass is 10.1. The van der Waals surface area contributed by atoms with E-state index in [0.29, 0.717) is 0 Å². The fourth-order valence-corrected chi connectivity index (χ4v) is 4.22. The average molecular weight is 387 g/mol. The summed E-state index contributed by atoms with van der Waals surface area (Å²) in [4.78, 5) is 21.1. The molecule has 0 bridgehead atoms. The highest BCUT2D eigenvalue weighted by atomic mass is 16.5. The van der Waals surface area contributed by atoms with Gasteiger partial charge >= 0.3 is 0 Å². The summed E-state index contributed by atoms with van der Waals surface area (Å²) < 4.78 is 6.13. The Kier molecular flexibility index (Phi) is 4.84. The number of fused-ring (bicyclic) bond motifs is 1. The first-order valence-corrected chi connectivity index (χ1v) is 10.4. The molecule has 0 saturated carbocycles. The molecule has 4 heterocycles. The monoisotopic (exact) mass is 387 g/mol. The van der Waals surface area contributed by atoms with Gasteiger partial charge in [-0.25, -0.2) is 15.0 Å². The predicted molar refractivity (Wildman–Crippen MR) is 112 cm³/mol. The van der Waals surface area contributed by atoms with Crippen molar-refractivity contribution in [2.75, 3.05) is 18.0 Å². The van der Waals surface area contributed by atoms with E-state index in [1.807, 2.05) is 43.3 Å². The molecule has 0 aromatic carbocycles. The van der Waals surface area contributed by atoms with Gasteiger partial charge in [0, 0.05) is 55.1 Å². The van der Waals surface area contributed by atoms with Crippen LogP contribution in [-0.2, 0) is 12.8 Å². The smallest absolute Gasteiger partial charge is 0.213 e. The number of hydrogen-bond acceptors (Lipinski definition) is 6. The summed E-state index contributed by atoms with van der Waals surface area (Å²) in [5.74, 6) is 2.56. The number of ether oxygens (including phenoxy) is 1. The summed E-state index contributed by atoms with van der Waals surface area (Å²) in [6.07, 6.45) is 7.18. The van der Waals surface area contributed by atoms with Crippen LogP contribution in [0.5, 0.6) is 5.88 Å². The SMILES string of the molecule is Cc1cccc(OC2CCN(c3nc(-c4ccccn4)nc4c3CCC4)CC2)n1. The lowest BCUT2D eigenvalue weighted by Gasteiger charge is -2.33. The maximum Gasteiger partial charge on any atom is 0.213 e. The van der Waals surface area contributed by atoms with Crippen molar-refractivity contribution >= 4 is 5.82 Å². The molecule has 6 nitrogen and oxygen atoms in total. The van der Waals surface area contributed by atoms with Crippen molar-refractivity contribution in [3.63, 3.8) is 0 Å². The minimum absolute atomic E-state index is 0.200. The van der Waals surface area contributed by atoms with E-state index < -0.39 is 0 Å². The molecule has 1 aliphatic heterocycles. The second-order valence-electron chi connectivity index (χ2n) is 7.79. The van der Waals surface area contributed by atoms with Gasteiger partial charge in [-0.05, 0) is 44.4 Å². The Bertz CT molecular complexity index is 999. The van der Waals surface area contributed by atoms with Gasteiger partial charge in [0.15, 0.2) is 5.82 Å². The van der Waals surface area contributed by atoms with Crippen molar-refractivity contribution < 1.29 is 4.74 Å². The van der Waals surface area contributed by atoms with E-state index in [4.69, 9.17) is 14.7 Å². The van der Waals surface area contributed by atoms with Crippen LogP contribution in [0.4, 0.5) is 5.82 Å². The number of anilines is 1. The molecule has 1 aliphatic carbocycles.